The van der Waals surface area contributed by atoms with Gasteiger partial charge in [-0.1, -0.05) is 37.3 Å². The van der Waals surface area contributed by atoms with Gasteiger partial charge in [0.25, 0.3) is 11.5 Å². The number of nitrogens with one attached hydrogen (secondary N) is 1. The molecule has 1 unspecified atom stereocenters. The molecular weight excluding hydrogens is 314 g/mol. The van der Waals surface area contributed by atoms with E-state index >= 15 is 0 Å². The van der Waals surface area contributed by atoms with Crippen LogP contribution in [0.25, 0.3) is 11.0 Å². The molecule has 1 aromatic carbocycles. The van der Waals surface area contributed by atoms with Crippen LogP contribution in [0.15, 0.2) is 59.5 Å². The molecule has 2 heterocycles. The molecule has 3 aromatic rings. The molecule has 0 radical (unpaired) electrons. The summed E-state index contributed by atoms with van der Waals surface area (Å²) >= 11 is 0. The topological polar surface area (TPSA) is 64.0 Å². The third-order valence-corrected chi connectivity index (χ3v) is 4.27. The molecule has 0 spiro atoms. The zero-order valence-corrected chi connectivity index (χ0v) is 14.4. The van der Waals surface area contributed by atoms with E-state index in [-0.39, 0.29) is 23.1 Å². The maximum Gasteiger partial charge on any atom is 0.265 e. The molecule has 25 heavy (non-hydrogen) atoms. The van der Waals surface area contributed by atoms with E-state index in [4.69, 9.17) is 0 Å². The second kappa shape index (κ2) is 7.30. The van der Waals surface area contributed by atoms with Crippen LogP contribution < -0.4 is 10.9 Å². The average Bonchev–Trinajstić information content (AvgIpc) is 2.64. The fourth-order valence-electron chi connectivity index (χ4n) is 2.69. The van der Waals surface area contributed by atoms with Crippen molar-refractivity contribution in [3.8, 4) is 0 Å². The Labute approximate surface area is 146 Å². The van der Waals surface area contributed by atoms with Gasteiger partial charge >= 0.3 is 0 Å². The molecular formula is C20H21N3O2. The smallest absolute Gasteiger partial charge is 0.265 e. The summed E-state index contributed by atoms with van der Waals surface area (Å²) in [6.45, 7) is 4.28. The zero-order chi connectivity index (χ0) is 17.8. The first kappa shape index (κ1) is 16.9. The van der Waals surface area contributed by atoms with Crippen LogP contribution in [-0.2, 0) is 6.54 Å². The summed E-state index contributed by atoms with van der Waals surface area (Å²) in [5, 5.41) is 3.64. The Morgan fingerprint density at radius 1 is 1.20 bits per heavy atom. The van der Waals surface area contributed by atoms with Crippen molar-refractivity contribution in [3.05, 3.63) is 76.2 Å². The first-order valence-electron chi connectivity index (χ1n) is 8.43. The van der Waals surface area contributed by atoms with Crippen molar-refractivity contribution in [3.63, 3.8) is 0 Å². The fraction of sp³-hybridized carbons (Fsp3) is 0.250. The third-order valence-electron chi connectivity index (χ3n) is 4.27. The van der Waals surface area contributed by atoms with Crippen LogP contribution in [0.1, 0.15) is 36.2 Å². The number of fused-ring (bicyclic) bond motifs is 1. The number of rotatable bonds is 5. The highest BCUT2D eigenvalue weighted by molar-refractivity contribution is 5.97. The van der Waals surface area contributed by atoms with Crippen molar-refractivity contribution in [1.29, 1.82) is 0 Å². The number of carbonyl (C=O) groups excluding carboxylic acids is 1. The minimum absolute atomic E-state index is 0.0130. The number of benzene rings is 1. The van der Waals surface area contributed by atoms with Gasteiger partial charge in [-0.2, -0.15) is 0 Å². The molecule has 5 heteroatoms. The summed E-state index contributed by atoms with van der Waals surface area (Å²) in [6, 6.07) is 15.0. The molecule has 0 saturated heterocycles. The molecule has 0 bridgehead atoms. The second-order valence-corrected chi connectivity index (χ2v) is 6.13. The molecule has 1 amide bonds. The summed E-state index contributed by atoms with van der Waals surface area (Å²) in [4.78, 5) is 29.8. The lowest BCUT2D eigenvalue weighted by Gasteiger charge is -2.14. The van der Waals surface area contributed by atoms with Gasteiger partial charge in [0, 0.05) is 17.6 Å². The Bertz CT molecular complexity index is 948. The van der Waals surface area contributed by atoms with Gasteiger partial charge in [0.1, 0.15) is 11.2 Å². The van der Waals surface area contributed by atoms with Crippen molar-refractivity contribution in [1.82, 2.24) is 14.9 Å². The monoisotopic (exact) mass is 335 g/mol. The number of amides is 1. The summed E-state index contributed by atoms with van der Waals surface area (Å²) in [7, 11) is 0. The molecule has 5 nitrogen and oxygen atoms in total. The average molecular weight is 335 g/mol. The van der Waals surface area contributed by atoms with Crippen molar-refractivity contribution in [2.75, 3.05) is 0 Å². The summed E-state index contributed by atoms with van der Waals surface area (Å²) in [6.07, 6.45) is 2.46. The van der Waals surface area contributed by atoms with Crippen LogP contribution in [0.3, 0.4) is 0 Å². The lowest BCUT2D eigenvalue weighted by atomic mass is 10.1. The summed E-state index contributed by atoms with van der Waals surface area (Å²) in [5.41, 5.74) is 1.39. The summed E-state index contributed by atoms with van der Waals surface area (Å²) < 4.78 is 1.57. The predicted molar refractivity (Wildman–Crippen MR) is 98.8 cm³/mol. The van der Waals surface area contributed by atoms with Gasteiger partial charge in [0.2, 0.25) is 0 Å². The largest absolute Gasteiger partial charge is 0.349 e. The fourth-order valence-corrected chi connectivity index (χ4v) is 2.69. The Morgan fingerprint density at radius 2 is 1.96 bits per heavy atom. The number of aromatic nitrogens is 2. The van der Waals surface area contributed by atoms with Crippen LogP contribution >= 0.6 is 0 Å². The van der Waals surface area contributed by atoms with Crippen molar-refractivity contribution >= 4 is 16.9 Å². The molecule has 0 aliphatic carbocycles. The van der Waals surface area contributed by atoms with Crippen LogP contribution in [0.2, 0.25) is 0 Å². The van der Waals surface area contributed by atoms with E-state index in [1.165, 1.54) is 0 Å². The van der Waals surface area contributed by atoms with Crippen molar-refractivity contribution in [2.45, 2.75) is 32.9 Å². The van der Waals surface area contributed by atoms with Gasteiger partial charge in [-0.25, -0.2) is 4.98 Å². The Hall–Kier alpha value is -2.95. The second-order valence-electron chi connectivity index (χ2n) is 6.13. The zero-order valence-electron chi connectivity index (χ0n) is 14.4. The maximum atomic E-state index is 13.0. The number of carbonyl (C=O) groups is 1. The predicted octanol–water partition coefficient (Wildman–Crippen LogP) is 2.97. The van der Waals surface area contributed by atoms with Crippen LogP contribution in [0.5, 0.6) is 0 Å². The minimum atomic E-state index is -0.341. The van der Waals surface area contributed by atoms with E-state index in [2.05, 4.69) is 10.3 Å². The maximum absolute atomic E-state index is 13.0. The number of hydrogen-bond acceptors (Lipinski definition) is 3. The van der Waals surface area contributed by atoms with Crippen LogP contribution in [0, 0.1) is 0 Å². The van der Waals surface area contributed by atoms with Crippen molar-refractivity contribution < 1.29 is 4.79 Å². The van der Waals surface area contributed by atoms with Gasteiger partial charge in [-0.15, -0.1) is 0 Å². The number of pyridine rings is 2. The third kappa shape index (κ3) is 3.60. The SMILES string of the molecule is CCC(C)NC(=O)c1cc2cccnc2n(Cc2ccccc2)c1=O. The molecule has 0 aliphatic heterocycles. The standard InChI is InChI=1S/C20H21N3O2/c1-3-14(2)22-19(24)17-12-16-10-7-11-21-18(16)23(20(17)25)13-15-8-5-4-6-9-15/h4-12,14H,3,13H2,1-2H3,(H,22,24). The molecule has 0 aliphatic rings. The molecule has 0 fully saturated rings. The Balaban J connectivity index is 2.12. The first-order chi connectivity index (χ1) is 12.1. The molecule has 1 N–H and O–H groups in total. The van der Waals surface area contributed by atoms with E-state index in [1.807, 2.05) is 50.2 Å². The molecule has 1 atom stereocenters. The van der Waals surface area contributed by atoms with Gasteiger partial charge in [0.05, 0.1) is 6.54 Å². The highest BCUT2D eigenvalue weighted by atomic mass is 16.2. The van der Waals surface area contributed by atoms with Gasteiger partial charge in [-0.05, 0) is 37.1 Å². The van der Waals surface area contributed by atoms with E-state index < -0.39 is 0 Å². The Morgan fingerprint density at radius 3 is 2.68 bits per heavy atom. The quantitative estimate of drug-likeness (QED) is 0.779. The minimum Gasteiger partial charge on any atom is -0.349 e. The van der Waals surface area contributed by atoms with Gasteiger partial charge < -0.3 is 5.32 Å². The van der Waals surface area contributed by atoms with Gasteiger partial charge in [-0.3, -0.25) is 14.2 Å². The highest BCUT2D eigenvalue weighted by Crippen LogP contribution is 2.13. The first-order valence-corrected chi connectivity index (χ1v) is 8.43. The molecule has 2 aromatic heterocycles. The van der Waals surface area contributed by atoms with E-state index in [0.29, 0.717) is 12.2 Å². The van der Waals surface area contributed by atoms with E-state index in [1.54, 1.807) is 22.9 Å². The normalized spacial score (nSPS) is 12.1. The van der Waals surface area contributed by atoms with Crippen molar-refractivity contribution in [2.24, 2.45) is 0 Å². The summed E-state index contributed by atoms with van der Waals surface area (Å²) in [5.74, 6) is -0.341. The van der Waals surface area contributed by atoms with E-state index in [9.17, 15) is 9.59 Å². The Kier molecular flexibility index (Phi) is 4.93. The lowest BCUT2D eigenvalue weighted by molar-refractivity contribution is 0.0937. The van der Waals surface area contributed by atoms with E-state index in [0.717, 1.165) is 17.4 Å². The lowest BCUT2D eigenvalue weighted by Crippen LogP contribution is -2.37. The molecule has 0 saturated carbocycles. The molecule has 128 valence electrons. The molecule has 3 rings (SSSR count). The number of nitrogens with zero attached hydrogens (tertiary/aromatic N) is 2. The number of hydrogen-bond donors (Lipinski definition) is 1. The van der Waals surface area contributed by atoms with Gasteiger partial charge in [0.15, 0.2) is 0 Å². The highest BCUT2D eigenvalue weighted by Gasteiger charge is 2.17. The van der Waals surface area contributed by atoms with Crippen LogP contribution in [-0.4, -0.2) is 21.5 Å². The van der Waals surface area contributed by atoms with Crippen LogP contribution in [0.4, 0.5) is 0 Å².